The fraction of sp³-hybridized carbons (Fsp3) is 0.538. The maximum Gasteiger partial charge on any atom is 0.139 e. The molecule has 1 aromatic heterocycles. The maximum absolute atomic E-state index is 12.0. The summed E-state index contributed by atoms with van der Waals surface area (Å²) >= 11 is 5.97. The minimum atomic E-state index is -0.267. The van der Waals surface area contributed by atoms with Crippen LogP contribution in [0.15, 0.2) is 18.5 Å². The predicted octanol–water partition coefficient (Wildman–Crippen LogP) is 2.51. The predicted molar refractivity (Wildman–Crippen MR) is 68.0 cm³/mol. The normalized spacial score (nSPS) is 18.2. The molecule has 0 radical (unpaired) electrons. The molecular weight excluding hydrogens is 236 g/mol. The van der Waals surface area contributed by atoms with Crippen LogP contribution in [0.2, 0.25) is 5.02 Å². The summed E-state index contributed by atoms with van der Waals surface area (Å²) in [4.78, 5) is 15.9. The number of halogens is 1. The molecule has 1 aliphatic carbocycles. The Balaban J connectivity index is 1.96. The third-order valence-electron chi connectivity index (χ3n) is 3.39. The first-order valence-corrected chi connectivity index (χ1v) is 6.36. The Hall–Kier alpha value is -0.930. The Morgan fingerprint density at radius 2 is 2.18 bits per heavy atom. The highest BCUT2D eigenvalue weighted by Gasteiger charge is 2.31. The second-order valence-corrected chi connectivity index (χ2v) is 5.34. The molecular formula is C13H17ClN2O. The summed E-state index contributed by atoms with van der Waals surface area (Å²) in [6, 6.07) is 1.79. The van der Waals surface area contributed by atoms with Crippen molar-refractivity contribution in [2.45, 2.75) is 44.1 Å². The zero-order valence-electron chi connectivity index (χ0n) is 9.79. The molecule has 1 saturated carbocycles. The molecule has 0 aliphatic heterocycles. The standard InChI is InChI=1S/C13H17ClN2O/c14-12-9-16-6-3-10(12)7-11(17)8-13(15)4-1-2-5-13/h3,6,9H,1-2,4-5,7-8,15H2. The van der Waals surface area contributed by atoms with Gasteiger partial charge in [0, 0.05) is 30.8 Å². The third kappa shape index (κ3) is 3.27. The highest BCUT2D eigenvalue weighted by Crippen LogP contribution is 2.30. The van der Waals surface area contributed by atoms with Crippen LogP contribution in [0.1, 0.15) is 37.7 Å². The van der Waals surface area contributed by atoms with Crippen LogP contribution in [0, 0.1) is 0 Å². The van der Waals surface area contributed by atoms with E-state index in [1.165, 1.54) is 0 Å². The zero-order chi connectivity index (χ0) is 12.3. The van der Waals surface area contributed by atoms with Crippen molar-refractivity contribution in [3.05, 3.63) is 29.0 Å². The number of carbonyl (C=O) groups is 1. The van der Waals surface area contributed by atoms with Gasteiger partial charge in [0.25, 0.3) is 0 Å². The van der Waals surface area contributed by atoms with Crippen molar-refractivity contribution in [1.29, 1.82) is 0 Å². The van der Waals surface area contributed by atoms with Gasteiger partial charge in [-0.25, -0.2) is 0 Å². The van der Waals surface area contributed by atoms with Gasteiger partial charge in [-0.3, -0.25) is 9.78 Å². The fourth-order valence-corrected chi connectivity index (χ4v) is 2.66. The van der Waals surface area contributed by atoms with Gasteiger partial charge in [-0.15, -0.1) is 0 Å². The van der Waals surface area contributed by atoms with Crippen molar-refractivity contribution in [3.63, 3.8) is 0 Å². The summed E-state index contributed by atoms with van der Waals surface area (Å²) in [6.07, 6.45) is 8.25. The number of hydrogen-bond donors (Lipinski definition) is 1. The molecule has 1 aliphatic rings. The van der Waals surface area contributed by atoms with E-state index in [1.54, 1.807) is 18.5 Å². The van der Waals surface area contributed by atoms with Crippen LogP contribution in [0.3, 0.4) is 0 Å². The van der Waals surface area contributed by atoms with E-state index in [0.29, 0.717) is 17.9 Å². The smallest absolute Gasteiger partial charge is 0.139 e. The van der Waals surface area contributed by atoms with Crippen LogP contribution in [-0.4, -0.2) is 16.3 Å². The maximum atomic E-state index is 12.0. The lowest BCUT2D eigenvalue weighted by atomic mass is 9.90. The van der Waals surface area contributed by atoms with Crippen molar-refractivity contribution in [2.24, 2.45) is 5.73 Å². The molecule has 2 N–H and O–H groups in total. The van der Waals surface area contributed by atoms with Gasteiger partial charge >= 0.3 is 0 Å². The van der Waals surface area contributed by atoms with Crippen molar-refractivity contribution >= 4 is 17.4 Å². The van der Waals surface area contributed by atoms with Crippen LogP contribution in [0.25, 0.3) is 0 Å². The first-order valence-electron chi connectivity index (χ1n) is 5.98. The van der Waals surface area contributed by atoms with Gasteiger partial charge < -0.3 is 5.73 Å². The Morgan fingerprint density at radius 1 is 1.47 bits per heavy atom. The first-order chi connectivity index (χ1) is 8.09. The SMILES string of the molecule is NC1(CC(=O)Cc2ccncc2Cl)CCCC1. The summed E-state index contributed by atoms with van der Waals surface area (Å²) in [6.45, 7) is 0. The average Bonchev–Trinajstić information content (AvgIpc) is 2.68. The molecule has 0 unspecified atom stereocenters. The summed E-state index contributed by atoms with van der Waals surface area (Å²) < 4.78 is 0. The zero-order valence-corrected chi connectivity index (χ0v) is 10.5. The number of hydrogen-bond acceptors (Lipinski definition) is 3. The van der Waals surface area contributed by atoms with Crippen molar-refractivity contribution in [1.82, 2.24) is 4.98 Å². The minimum Gasteiger partial charge on any atom is -0.325 e. The van der Waals surface area contributed by atoms with Gasteiger partial charge in [0.1, 0.15) is 5.78 Å². The molecule has 1 heterocycles. The second-order valence-electron chi connectivity index (χ2n) is 4.93. The molecule has 92 valence electrons. The van der Waals surface area contributed by atoms with Crippen LogP contribution < -0.4 is 5.73 Å². The van der Waals surface area contributed by atoms with E-state index in [2.05, 4.69) is 4.98 Å². The quantitative estimate of drug-likeness (QED) is 0.896. The van der Waals surface area contributed by atoms with Gasteiger partial charge in [0.05, 0.1) is 5.02 Å². The Bertz CT molecular complexity index is 414. The Kier molecular flexibility index (Phi) is 3.79. The molecule has 0 saturated heterocycles. The van der Waals surface area contributed by atoms with Crippen LogP contribution in [0.5, 0.6) is 0 Å². The second kappa shape index (κ2) is 5.15. The first kappa shape index (κ1) is 12.5. The molecule has 1 aromatic rings. The molecule has 0 bridgehead atoms. The summed E-state index contributed by atoms with van der Waals surface area (Å²) in [5.74, 6) is 0.169. The molecule has 17 heavy (non-hydrogen) atoms. The van der Waals surface area contributed by atoms with E-state index in [1.807, 2.05) is 0 Å². The highest BCUT2D eigenvalue weighted by atomic mass is 35.5. The van der Waals surface area contributed by atoms with E-state index in [9.17, 15) is 4.79 Å². The average molecular weight is 253 g/mol. The monoisotopic (exact) mass is 252 g/mol. The number of aromatic nitrogens is 1. The van der Waals surface area contributed by atoms with Gasteiger partial charge in [0.2, 0.25) is 0 Å². The summed E-state index contributed by atoms with van der Waals surface area (Å²) in [5, 5.41) is 0.554. The number of ketones is 1. The number of nitrogens with two attached hydrogens (primary N) is 1. The van der Waals surface area contributed by atoms with Crippen LogP contribution >= 0.6 is 11.6 Å². The molecule has 4 heteroatoms. The number of nitrogens with zero attached hydrogens (tertiary/aromatic N) is 1. The van der Waals surface area contributed by atoms with E-state index in [4.69, 9.17) is 17.3 Å². The number of rotatable bonds is 4. The van der Waals surface area contributed by atoms with Gasteiger partial charge in [0.15, 0.2) is 0 Å². The van der Waals surface area contributed by atoms with Crippen molar-refractivity contribution in [2.75, 3.05) is 0 Å². The lowest BCUT2D eigenvalue weighted by Gasteiger charge is -2.22. The van der Waals surface area contributed by atoms with Gasteiger partial charge in [-0.1, -0.05) is 24.4 Å². The number of carbonyl (C=O) groups excluding carboxylic acids is 1. The fourth-order valence-electron chi connectivity index (χ4n) is 2.47. The largest absolute Gasteiger partial charge is 0.325 e. The molecule has 3 nitrogen and oxygen atoms in total. The molecule has 2 rings (SSSR count). The van der Waals surface area contributed by atoms with Crippen LogP contribution in [0.4, 0.5) is 0 Å². The lowest BCUT2D eigenvalue weighted by Crippen LogP contribution is -2.39. The van der Waals surface area contributed by atoms with E-state index in [0.717, 1.165) is 31.2 Å². The number of Topliss-reactive ketones (excluding diaryl/α,β-unsaturated/α-hetero) is 1. The van der Waals surface area contributed by atoms with Gasteiger partial charge in [-0.2, -0.15) is 0 Å². The Morgan fingerprint density at radius 3 is 2.82 bits per heavy atom. The molecule has 0 aromatic carbocycles. The van der Waals surface area contributed by atoms with Crippen molar-refractivity contribution < 1.29 is 4.79 Å². The number of pyridine rings is 1. The highest BCUT2D eigenvalue weighted by molar-refractivity contribution is 6.31. The molecule has 0 spiro atoms. The lowest BCUT2D eigenvalue weighted by molar-refractivity contribution is -0.119. The minimum absolute atomic E-state index is 0.169. The molecule has 1 fully saturated rings. The van der Waals surface area contributed by atoms with Crippen LogP contribution in [-0.2, 0) is 11.2 Å². The van der Waals surface area contributed by atoms with Gasteiger partial charge in [-0.05, 0) is 24.5 Å². The van der Waals surface area contributed by atoms with E-state index < -0.39 is 0 Å². The molecule has 0 amide bonds. The van der Waals surface area contributed by atoms with Crippen molar-refractivity contribution in [3.8, 4) is 0 Å². The molecule has 0 atom stereocenters. The topological polar surface area (TPSA) is 56.0 Å². The van der Waals surface area contributed by atoms with E-state index in [-0.39, 0.29) is 11.3 Å². The van der Waals surface area contributed by atoms with E-state index >= 15 is 0 Å². The summed E-state index contributed by atoms with van der Waals surface area (Å²) in [5.41, 5.74) is 6.76. The Labute approximate surface area is 106 Å². The third-order valence-corrected chi connectivity index (χ3v) is 3.73. The summed E-state index contributed by atoms with van der Waals surface area (Å²) in [7, 11) is 0.